The SMILES string of the molecule is CC=CC(O)[C@@H]1CCCN(C(=O)OC(C)(C)C)C1. The molecule has 0 aromatic carbocycles. The summed E-state index contributed by atoms with van der Waals surface area (Å²) in [6, 6.07) is 0. The minimum Gasteiger partial charge on any atom is -0.444 e. The van der Waals surface area contributed by atoms with E-state index in [1.165, 1.54) is 0 Å². The third-order valence-corrected chi connectivity index (χ3v) is 2.98. The van der Waals surface area contributed by atoms with E-state index in [0.29, 0.717) is 13.1 Å². The second kappa shape index (κ2) is 6.23. The fourth-order valence-corrected chi connectivity index (χ4v) is 2.14. The molecule has 0 bridgehead atoms. The molecule has 1 N–H and O–H groups in total. The summed E-state index contributed by atoms with van der Waals surface area (Å²) < 4.78 is 5.35. The second-order valence-electron chi connectivity index (χ2n) is 5.85. The quantitative estimate of drug-likeness (QED) is 0.771. The van der Waals surface area contributed by atoms with Crippen LogP contribution in [0.25, 0.3) is 0 Å². The van der Waals surface area contributed by atoms with E-state index in [1.807, 2.05) is 33.8 Å². The standard InChI is InChI=1S/C14H25NO3/c1-5-7-12(16)11-8-6-9-15(10-11)13(17)18-14(2,3)4/h5,7,11-12,16H,6,8-10H2,1-4H3/t11-,12?/m1/s1. The summed E-state index contributed by atoms with van der Waals surface area (Å²) in [4.78, 5) is 13.6. The molecule has 1 rings (SSSR count). The van der Waals surface area contributed by atoms with Gasteiger partial charge in [-0.2, -0.15) is 0 Å². The molecule has 0 spiro atoms. The topological polar surface area (TPSA) is 49.8 Å². The number of amides is 1. The van der Waals surface area contributed by atoms with E-state index in [4.69, 9.17) is 4.74 Å². The molecule has 1 unspecified atom stereocenters. The predicted octanol–water partition coefficient (Wildman–Crippen LogP) is 2.57. The Morgan fingerprint density at radius 2 is 2.17 bits per heavy atom. The van der Waals surface area contributed by atoms with Gasteiger partial charge in [-0.05, 0) is 40.5 Å². The van der Waals surface area contributed by atoms with E-state index in [2.05, 4.69) is 0 Å². The highest BCUT2D eigenvalue weighted by Gasteiger charge is 2.29. The fraction of sp³-hybridized carbons (Fsp3) is 0.786. The van der Waals surface area contributed by atoms with Crippen molar-refractivity contribution in [1.82, 2.24) is 4.90 Å². The number of nitrogens with zero attached hydrogens (tertiary/aromatic N) is 1. The molecule has 1 heterocycles. The van der Waals surface area contributed by atoms with E-state index in [1.54, 1.807) is 11.0 Å². The van der Waals surface area contributed by atoms with Crippen LogP contribution in [0.5, 0.6) is 0 Å². The van der Waals surface area contributed by atoms with Gasteiger partial charge in [0.15, 0.2) is 0 Å². The Labute approximate surface area is 110 Å². The first-order valence-corrected chi connectivity index (χ1v) is 6.62. The van der Waals surface area contributed by atoms with Crippen LogP contribution in [0.3, 0.4) is 0 Å². The molecular weight excluding hydrogens is 230 g/mol. The van der Waals surface area contributed by atoms with Crippen molar-refractivity contribution in [2.75, 3.05) is 13.1 Å². The number of rotatable bonds is 2. The van der Waals surface area contributed by atoms with E-state index in [-0.39, 0.29) is 12.0 Å². The largest absolute Gasteiger partial charge is 0.444 e. The van der Waals surface area contributed by atoms with Crippen molar-refractivity contribution in [1.29, 1.82) is 0 Å². The highest BCUT2D eigenvalue weighted by Crippen LogP contribution is 2.22. The van der Waals surface area contributed by atoms with Crippen LogP contribution in [0.15, 0.2) is 12.2 Å². The van der Waals surface area contributed by atoms with Gasteiger partial charge in [0.05, 0.1) is 6.10 Å². The summed E-state index contributed by atoms with van der Waals surface area (Å²) in [6.45, 7) is 8.76. The van der Waals surface area contributed by atoms with Gasteiger partial charge in [0.2, 0.25) is 0 Å². The molecule has 0 aromatic heterocycles. The maximum absolute atomic E-state index is 11.9. The van der Waals surface area contributed by atoms with E-state index >= 15 is 0 Å². The van der Waals surface area contributed by atoms with Crippen LogP contribution in [0.1, 0.15) is 40.5 Å². The van der Waals surface area contributed by atoms with Crippen molar-refractivity contribution in [2.24, 2.45) is 5.92 Å². The lowest BCUT2D eigenvalue weighted by Gasteiger charge is -2.35. The number of aliphatic hydroxyl groups is 1. The van der Waals surface area contributed by atoms with Gasteiger partial charge in [0.1, 0.15) is 5.60 Å². The molecule has 0 radical (unpaired) electrons. The van der Waals surface area contributed by atoms with Gasteiger partial charge >= 0.3 is 6.09 Å². The molecule has 1 fully saturated rings. The van der Waals surface area contributed by atoms with Crippen LogP contribution in [0, 0.1) is 5.92 Å². The number of hydrogen-bond acceptors (Lipinski definition) is 3. The minimum atomic E-state index is -0.472. The summed E-state index contributed by atoms with van der Waals surface area (Å²) in [7, 11) is 0. The van der Waals surface area contributed by atoms with E-state index in [9.17, 15) is 9.90 Å². The van der Waals surface area contributed by atoms with Gasteiger partial charge in [0.25, 0.3) is 0 Å². The van der Waals surface area contributed by atoms with Crippen LogP contribution in [0.4, 0.5) is 4.79 Å². The summed E-state index contributed by atoms with van der Waals surface area (Å²) in [5, 5.41) is 9.94. The first kappa shape index (κ1) is 15.0. The third kappa shape index (κ3) is 4.69. The first-order valence-electron chi connectivity index (χ1n) is 6.62. The van der Waals surface area contributed by atoms with Crippen LogP contribution >= 0.6 is 0 Å². The summed E-state index contributed by atoms with van der Waals surface area (Å²) in [6.07, 6.45) is 4.74. The van der Waals surface area contributed by atoms with Crippen LogP contribution in [0.2, 0.25) is 0 Å². The number of aliphatic hydroxyl groups excluding tert-OH is 1. The molecule has 0 saturated carbocycles. The van der Waals surface area contributed by atoms with Crippen LogP contribution in [-0.4, -0.2) is 40.9 Å². The Hall–Kier alpha value is -1.03. The monoisotopic (exact) mass is 255 g/mol. The zero-order valence-corrected chi connectivity index (χ0v) is 11.8. The van der Waals surface area contributed by atoms with Crippen molar-refractivity contribution in [3.8, 4) is 0 Å². The van der Waals surface area contributed by atoms with Gasteiger partial charge in [-0.15, -0.1) is 0 Å². The van der Waals surface area contributed by atoms with E-state index in [0.717, 1.165) is 12.8 Å². The zero-order chi connectivity index (χ0) is 13.8. The molecule has 4 heteroatoms. The van der Waals surface area contributed by atoms with Gasteiger partial charge in [-0.1, -0.05) is 12.2 Å². The lowest BCUT2D eigenvalue weighted by Crippen LogP contribution is -2.45. The Balaban J connectivity index is 2.55. The Morgan fingerprint density at radius 1 is 1.50 bits per heavy atom. The number of piperidine rings is 1. The third-order valence-electron chi connectivity index (χ3n) is 2.98. The summed E-state index contributed by atoms with van der Waals surface area (Å²) in [5.41, 5.74) is -0.466. The molecule has 18 heavy (non-hydrogen) atoms. The lowest BCUT2D eigenvalue weighted by molar-refractivity contribution is 0.00830. The second-order valence-corrected chi connectivity index (χ2v) is 5.85. The van der Waals surface area contributed by atoms with Gasteiger partial charge in [-0.25, -0.2) is 4.79 Å². The molecule has 1 aliphatic rings. The van der Waals surface area contributed by atoms with Crippen LogP contribution < -0.4 is 0 Å². The number of carbonyl (C=O) groups is 1. The van der Waals surface area contributed by atoms with Crippen molar-refractivity contribution in [3.63, 3.8) is 0 Å². The molecule has 1 amide bonds. The summed E-state index contributed by atoms with van der Waals surface area (Å²) in [5.74, 6) is 0.113. The number of likely N-dealkylation sites (tertiary alicyclic amines) is 1. The lowest BCUT2D eigenvalue weighted by atomic mass is 9.92. The summed E-state index contributed by atoms with van der Waals surface area (Å²) >= 11 is 0. The molecule has 104 valence electrons. The Morgan fingerprint density at radius 3 is 2.72 bits per heavy atom. The molecule has 1 aliphatic heterocycles. The number of carbonyl (C=O) groups excluding carboxylic acids is 1. The molecule has 0 aromatic rings. The number of hydrogen-bond donors (Lipinski definition) is 1. The first-order chi connectivity index (χ1) is 8.33. The molecule has 0 aliphatic carbocycles. The van der Waals surface area contributed by atoms with Crippen molar-refractivity contribution >= 4 is 6.09 Å². The zero-order valence-electron chi connectivity index (χ0n) is 11.8. The predicted molar refractivity (Wildman–Crippen MR) is 71.4 cm³/mol. The molecule has 1 saturated heterocycles. The number of allylic oxidation sites excluding steroid dienone is 1. The van der Waals surface area contributed by atoms with Gasteiger partial charge in [0, 0.05) is 19.0 Å². The molecule has 2 atom stereocenters. The van der Waals surface area contributed by atoms with Crippen molar-refractivity contribution in [3.05, 3.63) is 12.2 Å². The maximum atomic E-state index is 11.9. The molecular formula is C14H25NO3. The average Bonchev–Trinajstić information content (AvgIpc) is 2.27. The number of ether oxygens (including phenoxy) is 1. The van der Waals surface area contributed by atoms with Crippen molar-refractivity contribution in [2.45, 2.75) is 52.2 Å². The smallest absolute Gasteiger partial charge is 0.410 e. The van der Waals surface area contributed by atoms with E-state index < -0.39 is 11.7 Å². The fourth-order valence-electron chi connectivity index (χ4n) is 2.14. The highest BCUT2D eigenvalue weighted by atomic mass is 16.6. The van der Waals surface area contributed by atoms with Crippen LogP contribution in [-0.2, 0) is 4.74 Å². The van der Waals surface area contributed by atoms with Crippen molar-refractivity contribution < 1.29 is 14.6 Å². The van der Waals surface area contributed by atoms with Gasteiger partial charge < -0.3 is 14.7 Å². The molecule has 4 nitrogen and oxygen atoms in total. The maximum Gasteiger partial charge on any atom is 0.410 e. The minimum absolute atomic E-state index is 0.113. The average molecular weight is 255 g/mol. The Bertz CT molecular complexity index is 307. The normalized spacial score (nSPS) is 23.2. The Kier molecular flexibility index (Phi) is 5.20. The highest BCUT2D eigenvalue weighted by molar-refractivity contribution is 5.68. The van der Waals surface area contributed by atoms with Gasteiger partial charge in [-0.3, -0.25) is 0 Å².